The van der Waals surface area contributed by atoms with E-state index in [1.165, 1.54) is 6.26 Å². The average molecular weight is 332 g/mol. The van der Waals surface area contributed by atoms with Crippen molar-refractivity contribution in [3.63, 3.8) is 0 Å². The molecule has 0 fully saturated rings. The molecular weight excluding hydrogens is 319 g/mol. The topological polar surface area (TPSA) is 37.3 Å². The third kappa shape index (κ3) is 240. The second-order valence-electron chi connectivity index (χ2n) is 1.92. The summed E-state index contributed by atoms with van der Waals surface area (Å²) >= 11 is -2.27. The standard InChI is InChI=1S/CH4O2S.3CH3.Pb/c1-4(2)3;;;;/h1H3,(H,2,3);3*1H3;. The van der Waals surface area contributed by atoms with Gasteiger partial charge in [0.2, 0.25) is 0 Å². The van der Waals surface area contributed by atoms with Crippen molar-refractivity contribution in [3.05, 3.63) is 0 Å². The fourth-order valence-electron chi connectivity index (χ4n) is 0. The van der Waals surface area contributed by atoms with Crippen LogP contribution in [0, 0.1) is 0 Å². The molecule has 8 heavy (non-hydrogen) atoms. The van der Waals surface area contributed by atoms with Crippen LogP contribution in [0.3, 0.4) is 0 Å². The second-order valence-corrected chi connectivity index (χ2v) is 14.4. The van der Waals surface area contributed by atoms with Gasteiger partial charge in [0.1, 0.15) is 11.1 Å². The fourth-order valence-corrected chi connectivity index (χ4v) is 0. The van der Waals surface area contributed by atoms with Crippen LogP contribution >= 0.6 is 0 Å². The monoisotopic (exact) mass is 333 g/mol. The molecular formula is C4H13O2PbS. The van der Waals surface area contributed by atoms with Crippen LogP contribution in [0.25, 0.3) is 0 Å². The summed E-state index contributed by atoms with van der Waals surface area (Å²) in [5.41, 5.74) is 0. The Morgan fingerprint density at radius 2 is 1.38 bits per heavy atom. The van der Waals surface area contributed by atoms with Crippen molar-refractivity contribution in [3.8, 4) is 0 Å². The molecule has 0 aliphatic carbocycles. The quantitative estimate of drug-likeness (QED) is 0.535. The average Bonchev–Trinajstić information content (AvgIpc) is 1.25. The molecule has 1 radical (unpaired) electrons. The van der Waals surface area contributed by atoms with Crippen molar-refractivity contribution in [2.45, 2.75) is 13.4 Å². The minimum atomic E-state index is -1.61. The van der Waals surface area contributed by atoms with Gasteiger partial charge in [-0.3, -0.25) is 0 Å². The molecule has 2 nitrogen and oxygen atoms in total. The van der Waals surface area contributed by atoms with E-state index in [2.05, 4.69) is 13.4 Å². The summed E-state index contributed by atoms with van der Waals surface area (Å²) in [6.45, 7) is 0. The van der Waals surface area contributed by atoms with Gasteiger partial charge in [0, 0.05) is 6.26 Å². The first kappa shape index (κ1) is 11.8. The van der Waals surface area contributed by atoms with Crippen molar-refractivity contribution in [1.29, 1.82) is 0 Å². The summed E-state index contributed by atoms with van der Waals surface area (Å²) in [6, 6.07) is 0. The molecule has 51 valence electrons. The molecule has 0 aliphatic heterocycles. The molecule has 0 spiro atoms. The molecule has 1 atom stereocenters. The van der Waals surface area contributed by atoms with Crippen molar-refractivity contribution in [1.82, 2.24) is 0 Å². The van der Waals surface area contributed by atoms with Crippen LogP contribution < -0.4 is 0 Å². The van der Waals surface area contributed by atoms with Crippen LogP contribution in [0.2, 0.25) is 13.4 Å². The first-order chi connectivity index (χ1) is 3.46. The Kier molecular flexibility index (Phi) is 11.8. The third-order valence-corrected chi connectivity index (χ3v) is 0. The Bertz CT molecular complexity index is 58.3. The Hall–Kier alpha value is 1.03. The maximum atomic E-state index is 9.11. The van der Waals surface area contributed by atoms with Crippen molar-refractivity contribution in [2.24, 2.45) is 0 Å². The Balaban J connectivity index is 0. The van der Waals surface area contributed by atoms with E-state index in [0.29, 0.717) is 0 Å². The van der Waals surface area contributed by atoms with E-state index < -0.39 is 33.8 Å². The van der Waals surface area contributed by atoms with Gasteiger partial charge in [-0.25, -0.2) is 4.21 Å². The molecule has 1 N–H and O–H groups in total. The first-order valence-corrected chi connectivity index (χ1v) is 15.4. The van der Waals surface area contributed by atoms with Gasteiger partial charge in [0.25, 0.3) is 0 Å². The van der Waals surface area contributed by atoms with Gasteiger partial charge in [-0.05, 0) is 0 Å². The van der Waals surface area contributed by atoms with Gasteiger partial charge in [0.15, 0.2) is 0 Å². The summed E-state index contributed by atoms with van der Waals surface area (Å²) in [7, 11) is 0. The third-order valence-electron chi connectivity index (χ3n) is 0. The van der Waals surface area contributed by atoms with E-state index in [-0.39, 0.29) is 0 Å². The van der Waals surface area contributed by atoms with Crippen LogP contribution in [0.4, 0.5) is 0 Å². The molecule has 0 saturated heterocycles. The normalized spacial score (nSPS) is 12.2. The van der Waals surface area contributed by atoms with E-state index in [9.17, 15) is 0 Å². The van der Waals surface area contributed by atoms with Crippen LogP contribution in [-0.4, -0.2) is 37.7 Å². The molecule has 0 heterocycles. The van der Waals surface area contributed by atoms with Gasteiger partial charge in [-0.2, -0.15) is 0 Å². The predicted octanol–water partition coefficient (Wildman–Crippen LogP) is 1.21. The summed E-state index contributed by atoms with van der Waals surface area (Å²) in [5.74, 6) is 0. The van der Waals surface area contributed by atoms with Gasteiger partial charge in [-0.15, -0.1) is 0 Å². The molecule has 0 bridgehead atoms. The van der Waals surface area contributed by atoms with Crippen LogP contribution in [0.1, 0.15) is 0 Å². The Morgan fingerprint density at radius 3 is 1.38 bits per heavy atom. The molecule has 0 aromatic rings. The SMILES string of the molecule is CS(=O)O.[CH3][Pb]([CH3])[CH3]. The molecule has 0 aliphatic rings. The van der Waals surface area contributed by atoms with E-state index in [1.54, 1.807) is 0 Å². The molecule has 0 amide bonds. The first-order valence-electron chi connectivity index (χ1n) is 2.26. The summed E-state index contributed by atoms with van der Waals surface area (Å²) in [4.78, 5) is 0. The van der Waals surface area contributed by atoms with Crippen molar-refractivity contribution < 1.29 is 8.76 Å². The van der Waals surface area contributed by atoms with Gasteiger partial charge in [-0.1, -0.05) is 0 Å². The fraction of sp³-hybridized carbons (Fsp3) is 1.00. The number of hydrogen-bond donors (Lipinski definition) is 1. The minimum absolute atomic E-state index is 0.657. The van der Waals surface area contributed by atoms with Gasteiger partial charge in [0.05, 0.1) is 0 Å². The zero-order chi connectivity index (χ0) is 7.15. The number of hydrogen-bond acceptors (Lipinski definition) is 1. The maximum absolute atomic E-state index is 9.11. The van der Waals surface area contributed by atoms with E-state index in [0.717, 1.165) is 0 Å². The van der Waals surface area contributed by atoms with Gasteiger partial charge >= 0.3 is 36.2 Å². The summed E-state index contributed by atoms with van der Waals surface area (Å²) < 4.78 is 23.8. The zero-order valence-corrected chi connectivity index (χ0v) is 10.5. The van der Waals surface area contributed by atoms with Gasteiger partial charge < -0.3 is 4.55 Å². The summed E-state index contributed by atoms with van der Waals surface area (Å²) in [5, 5.41) is 0. The van der Waals surface area contributed by atoms with Crippen LogP contribution in [-0.2, 0) is 11.1 Å². The molecule has 1 unspecified atom stereocenters. The molecule has 0 aromatic carbocycles. The number of rotatable bonds is 0. The molecule has 0 aromatic heterocycles. The van der Waals surface area contributed by atoms with E-state index >= 15 is 0 Å². The Morgan fingerprint density at radius 1 is 1.38 bits per heavy atom. The second kappa shape index (κ2) is 8.03. The van der Waals surface area contributed by atoms with E-state index in [4.69, 9.17) is 8.76 Å². The Labute approximate surface area is 62.1 Å². The van der Waals surface area contributed by atoms with E-state index in [1.807, 2.05) is 0 Å². The molecule has 0 saturated carbocycles. The van der Waals surface area contributed by atoms with Crippen molar-refractivity contribution in [2.75, 3.05) is 6.26 Å². The molecule has 4 heteroatoms. The predicted molar refractivity (Wildman–Crippen MR) is 40.0 cm³/mol. The molecule has 0 rings (SSSR count). The summed E-state index contributed by atoms with van der Waals surface area (Å²) in [6.07, 6.45) is 1.19. The van der Waals surface area contributed by atoms with Crippen LogP contribution in [0.5, 0.6) is 0 Å². The van der Waals surface area contributed by atoms with Crippen LogP contribution in [0.15, 0.2) is 0 Å². The van der Waals surface area contributed by atoms with Crippen molar-refractivity contribution >= 4 is 33.8 Å². The zero-order valence-electron chi connectivity index (χ0n) is 5.76.